The van der Waals surface area contributed by atoms with Gasteiger partial charge in [0.1, 0.15) is 24.5 Å². The zero-order valence-corrected chi connectivity index (χ0v) is 25.9. The number of piperidine rings is 1. The Morgan fingerprint density at radius 2 is 1.95 bits per heavy atom. The number of amides is 1. The van der Waals surface area contributed by atoms with Crippen LogP contribution in [0.4, 0.5) is 23.1 Å². The number of benzene rings is 2. The van der Waals surface area contributed by atoms with Crippen molar-refractivity contribution in [3.8, 4) is 5.75 Å². The molecule has 2 N–H and O–H groups in total. The summed E-state index contributed by atoms with van der Waals surface area (Å²) >= 11 is 6.39. The fourth-order valence-corrected chi connectivity index (χ4v) is 6.13. The van der Waals surface area contributed by atoms with E-state index in [1.807, 2.05) is 59.5 Å². The molecule has 1 fully saturated rings. The van der Waals surface area contributed by atoms with Crippen LogP contribution in [0.25, 0.3) is 0 Å². The first-order valence-electron chi connectivity index (χ1n) is 14.0. The molecule has 9 nitrogen and oxygen atoms in total. The van der Waals surface area contributed by atoms with E-state index in [0.717, 1.165) is 43.5 Å². The molecule has 2 aromatic carbocycles. The van der Waals surface area contributed by atoms with Crippen LogP contribution in [0.3, 0.4) is 0 Å². The van der Waals surface area contributed by atoms with Gasteiger partial charge in [0.05, 0.1) is 11.9 Å². The highest BCUT2D eigenvalue weighted by atomic mass is 35.5. The standard InChI is InChI=1S/C31H38ClN6O3P/c1-5-29(39)38-18-15-24(16-19-38)37(6-2)17-10-20-41-25-12-9-11-23(21-25)34-31-33-22-26(32)30(36-31)35-27-13-7-8-14-28(27)42(3,4)40/h5,7-14,17,21-22,24H,1,6,15-16,18-20H2,2-4H3,(H2,33,34,35,36). The lowest BCUT2D eigenvalue weighted by Gasteiger charge is -2.37. The molecule has 0 spiro atoms. The lowest BCUT2D eigenvalue weighted by Crippen LogP contribution is -2.44. The minimum atomic E-state index is -2.52. The van der Waals surface area contributed by atoms with Gasteiger partial charge in [-0.1, -0.05) is 36.4 Å². The van der Waals surface area contributed by atoms with Crippen molar-refractivity contribution < 1.29 is 14.1 Å². The molecule has 0 saturated carbocycles. The minimum absolute atomic E-state index is 0.00342. The average Bonchev–Trinajstić information content (AvgIpc) is 2.98. The molecule has 1 aliphatic rings. The monoisotopic (exact) mass is 608 g/mol. The van der Waals surface area contributed by atoms with Gasteiger partial charge in [-0.25, -0.2) is 4.98 Å². The van der Waals surface area contributed by atoms with E-state index in [2.05, 4.69) is 45.2 Å². The Bertz CT molecular complexity index is 1470. The number of halogens is 1. The van der Waals surface area contributed by atoms with Gasteiger partial charge in [-0.3, -0.25) is 4.79 Å². The van der Waals surface area contributed by atoms with Gasteiger partial charge in [-0.05, 0) is 75.7 Å². The molecule has 11 heteroatoms. The number of nitrogens with zero attached hydrogens (tertiary/aromatic N) is 4. The van der Waals surface area contributed by atoms with Gasteiger partial charge in [-0.2, -0.15) is 4.98 Å². The summed E-state index contributed by atoms with van der Waals surface area (Å²) in [5.41, 5.74) is 1.45. The van der Waals surface area contributed by atoms with E-state index in [-0.39, 0.29) is 5.91 Å². The van der Waals surface area contributed by atoms with Crippen molar-refractivity contribution in [1.29, 1.82) is 0 Å². The lowest BCUT2D eigenvalue weighted by atomic mass is 10.0. The summed E-state index contributed by atoms with van der Waals surface area (Å²) in [6, 6.07) is 15.4. The summed E-state index contributed by atoms with van der Waals surface area (Å²) in [6.07, 6.45) is 8.86. The minimum Gasteiger partial charge on any atom is -0.489 e. The van der Waals surface area contributed by atoms with Gasteiger partial charge >= 0.3 is 0 Å². The summed E-state index contributed by atoms with van der Waals surface area (Å²) in [5, 5.41) is 7.48. The first-order valence-corrected chi connectivity index (χ1v) is 16.9. The van der Waals surface area contributed by atoms with Gasteiger partial charge < -0.3 is 29.7 Å². The topological polar surface area (TPSA) is 99.7 Å². The van der Waals surface area contributed by atoms with Gasteiger partial charge in [0.2, 0.25) is 11.9 Å². The van der Waals surface area contributed by atoms with Crippen molar-refractivity contribution in [3.05, 3.63) is 84.7 Å². The quantitative estimate of drug-likeness (QED) is 0.184. The SMILES string of the molecule is C=CC(=O)N1CCC(N(C=CCOc2cccc(Nc3ncc(Cl)c(Nc4ccccc4P(C)(C)=O)n3)c2)CC)CC1. The average molecular weight is 609 g/mol. The number of hydrogen-bond acceptors (Lipinski definition) is 8. The van der Waals surface area contributed by atoms with Crippen molar-refractivity contribution in [2.75, 3.05) is 50.2 Å². The van der Waals surface area contributed by atoms with Gasteiger partial charge in [0.15, 0.2) is 5.82 Å². The molecule has 3 aromatic rings. The van der Waals surface area contributed by atoms with Crippen LogP contribution in [0.5, 0.6) is 5.75 Å². The van der Waals surface area contributed by atoms with Crippen LogP contribution < -0.4 is 20.7 Å². The summed E-state index contributed by atoms with van der Waals surface area (Å²) < 4.78 is 18.7. The molecular formula is C31H38ClN6O3P. The third-order valence-electron chi connectivity index (χ3n) is 7.00. The normalized spacial score (nSPS) is 14.0. The number of rotatable bonds is 12. The molecule has 2 heterocycles. The molecule has 0 atom stereocenters. The number of hydrogen-bond donors (Lipinski definition) is 2. The molecule has 1 saturated heterocycles. The molecular weight excluding hydrogens is 571 g/mol. The van der Waals surface area contributed by atoms with Crippen LogP contribution in [0.15, 0.2) is 79.7 Å². The third-order valence-corrected chi connectivity index (χ3v) is 8.83. The molecule has 0 bridgehead atoms. The molecule has 4 rings (SSSR count). The number of ether oxygens (including phenoxy) is 1. The van der Waals surface area contributed by atoms with Crippen molar-refractivity contribution in [2.45, 2.75) is 25.8 Å². The number of likely N-dealkylation sites (tertiary alicyclic amines) is 1. The maximum Gasteiger partial charge on any atom is 0.245 e. The third kappa shape index (κ3) is 8.37. The van der Waals surface area contributed by atoms with Gasteiger partial charge in [0.25, 0.3) is 0 Å². The second kappa shape index (κ2) is 14.4. The van der Waals surface area contributed by atoms with Crippen LogP contribution >= 0.6 is 18.7 Å². The van der Waals surface area contributed by atoms with E-state index < -0.39 is 7.14 Å². The Labute approximate surface area is 253 Å². The summed E-state index contributed by atoms with van der Waals surface area (Å²) in [6.45, 7) is 12.0. The second-order valence-corrected chi connectivity index (χ2v) is 13.9. The molecule has 0 aliphatic carbocycles. The van der Waals surface area contributed by atoms with Gasteiger partial charge in [-0.15, -0.1) is 0 Å². The van der Waals surface area contributed by atoms with E-state index in [1.54, 1.807) is 13.3 Å². The predicted octanol–water partition coefficient (Wildman–Crippen LogP) is 6.26. The van der Waals surface area contributed by atoms with E-state index >= 15 is 0 Å². The number of nitrogens with one attached hydrogen (secondary N) is 2. The van der Waals surface area contributed by atoms with E-state index in [4.69, 9.17) is 16.3 Å². The fourth-order valence-electron chi connectivity index (χ4n) is 4.84. The Hall–Kier alpha value is -3.81. The lowest BCUT2D eigenvalue weighted by molar-refractivity contribution is -0.127. The molecule has 42 heavy (non-hydrogen) atoms. The maximum absolute atomic E-state index is 12.8. The van der Waals surface area contributed by atoms with Crippen molar-refractivity contribution in [1.82, 2.24) is 19.8 Å². The second-order valence-electron chi connectivity index (χ2n) is 10.3. The fraction of sp³-hybridized carbons (Fsp3) is 0.323. The Morgan fingerprint density at radius 1 is 1.19 bits per heavy atom. The zero-order valence-electron chi connectivity index (χ0n) is 24.3. The van der Waals surface area contributed by atoms with E-state index in [9.17, 15) is 9.36 Å². The first kappa shape index (κ1) is 31.1. The smallest absolute Gasteiger partial charge is 0.245 e. The number of carbonyl (C=O) groups is 1. The first-order chi connectivity index (χ1) is 20.2. The number of carbonyl (C=O) groups excluding carboxylic acids is 1. The van der Waals surface area contributed by atoms with Crippen LogP contribution in [-0.2, 0) is 9.36 Å². The van der Waals surface area contributed by atoms with Crippen molar-refractivity contribution in [2.24, 2.45) is 0 Å². The van der Waals surface area contributed by atoms with Crippen molar-refractivity contribution in [3.63, 3.8) is 0 Å². The zero-order chi connectivity index (χ0) is 30.1. The highest BCUT2D eigenvalue weighted by Crippen LogP contribution is 2.38. The van der Waals surface area contributed by atoms with Crippen molar-refractivity contribution >= 4 is 53.1 Å². The number of anilines is 4. The summed E-state index contributed by atoms with van der Waals surface area (Å²) in [4.78, 5) is 24.9. The Kier molecular flexibility index (Phi) is 10.7. The Balaban J connectivity index is 1.35. The highest BCUT2D eigenvalue weighted by Gasteiger charge is 2.24. The van der Waals surface area contributed by atoms with Crippen LogP contribution in [0.1, 0.15) is 19.8 Å². The predicted molar refractivity (Wildman–Crippen MR) is 172 cm³/mol. The maximum atomic E-state index is 12.8. The highest BCUT2D eigenvalue weighted by molar-refractivity contribution is 7.70. The Morgan fingerprint density at radius 3 is 2.67 bits per heavy atom. The summed E-state index contributed by atoms with van der Waals surface area (Å²) in [5.74, 6) is 1.47. The molecule has 1 aliphatic heterocycles. The van der Waals surface area contributed by atoms with Gasteiger partial charge in [0, 0.05) is 42.7 Å². The van der Waals surface area contributed by atoms with Crippen LogP contribution in [0.2, 0.25) is 5.02 Å². The number of aromatic nitrogens is 2. The molecule has 0 radical (unpaired) electrons. The van der Waals surface area contributed by atoms with Crippen LogP contribution in [0, 0.1) is 0 Å². The summed E-state index contributed by atoms with van der Waals surface area (Å²) in [7, 11) is -2.52. The molecule has 1 aromatic heterocycles. The van der Waals surface area contributed by atoms with E-state index in [0.29, 0.717) is 40.9 Å². The molecule has 222 valence electrons. The number of para-hydroxylation sites is 1. The van der Waals surface area contributed by atoms with Crippen LogP contribution in [-0.4, -0.2) is 71.3 Å². The molecule has 1 amide bonds. The molecule has 0 unspecified atom stereocenters. The largest absolute Gasteiger partial charge is 0.489 e. The van der Waals surface area contributed by atoms with E-state index in [1.165, 1.54) is 12.3 Å².